The molecule has 12 nitrogen and oxygen atoms in total. The fourth-order valence-corrected chi connectivity index (χ4v) is 4.97. The lowest BCUT2D eigenvalue weighted by atomic mass is 9.77. The molecule has 1 atom stereocenters. The zero-order chi connectivity index (χ0) is 23.2. The molecule has 0 aliphatic carbocycles. The quantitative estimate of drug-likeness (QED) is 0.611. The number of carbonyl (C=O) groups excluding carboxylic acids is 2. The van der Waals surface area contributed by atoms with Gasteiger partial charge in [-0.15, -0.1) is 10.2 Å². The Balaban J connectivity index is 1.21. The van der Waals surface area contributed by atoms with Crippen molar-refractivity contribution < 1.29 is 19.4 Å². The van der Waals surface area contributed by atoms with Gasteiger partial charge in [-0.3, -0.25) is 4.79 Å². The molecule has 3 aliphatic heterocycles. The molecule has 0 bridgehead atoms. The minimum Gasteiger partial charge on any atom is -0.456 e. The molecule has 1 amide bonds. The molecule has 1 N–H and O–H groups in total. The SMILES string of the molecule is CC1=C(N2CCC3(CCN(C[C@H](O)c4nnc(-n5cnnn5)cc4C)CC3)C2=O)COC1=O. The number of cyclic esters (lactones) is 1. The number of aliphatic hydroxyl groups is 1. The van der Waals surface area contributed by atoms with E-state index in [1.807, 2.05) is 6.92 Å². The number of rotatable bonds is 5. The Morgan fingerprint density at radius 1 is 1.15 bits per heavy atom. The summed E-state index contributed by atoms with van der Waals surface area (Å²) in [5, 5.41) is 30.1. The van der Waals surface area contributed by atoms with E-state index < -0.39 is 11.5 Å². The Hall–Kier alpha value is -3.25. The molecule has 1 spiro atoms. The highest BCUT2D eigenvalue weighted by atomic mass is 16.5. The molecule has 12 heteroatoms. The van der Waals surface area contributed by atoms with Gasteiger partial charge in [0.05, 0.1) is 22.4 Å². The van der Waals surface area contributed by atoms with Crippen LogP contribution in [0.2, 0.25) is 0 Å². The molecule has 0 aromatic carbocycles. The minimum absolute atomic E-state index is 0.0928. The number of likely N-dealkylation sites (tertiary alicyclic amines) is 2. The molecule has 5 heterocycles. The van der Waals surface area contributed by atoms with Gasteiger partial charge in [0.25, 0.3) is 0 Å². The van der Waals surface area contributed by atoms with Crippen LogP contribution in [-0.2, 0) is 14.3 Å². The maximum absolute atomic E-state index is 13.3. The maximum Gasteiger partial charge on any atom is 0.336 e. The van der Waals surface area contributed by atoms with Crippen LogP contribution < -0.4 is 0 Å². The van der Waals surface area contributed by atoms with Crippen LogP contribution in [-0.4, -0.2) is 90.0 Å². The van der Waals surface area contributed by atoms with Crippen molar-refractivity contribution in [3.63, 3.8) is 0 Å². The summed E-state index contributed by atoms with van der Waals surface area (Å²) < 4.78 is 6.50. The summed E-state index contributed by atoms with van der Waals surface area (Å²) in [6.45, 7) is 6.21. The first-order valence-electron chi connectivity index (χ1n) is 11.0. The number of carbonyl (C=O) groups is 2. The molecule has 5 rings (SSSR count). The number of ether oxygens (including phenoxy) is 1. The fourth-order valence-electron chi connectivity index (χ4n) is 4.97. The Kier molecular flexibility index (Phi) is 5.41. The van der Waals surface area contributed by atoms with Gasteiger partial charge in [-0.25, -0.2) is 4.79 Å². The average molecular weight is 454 g/mol. The third kappa shape index (κ3) is 3.78. The monoisotopic (exact) mass is 454 g/mol. The average Bonchev–Trinajstić information content (AvgIpc) is 3.53. The van der Waals surface area contributed by atoms with Gasteiger partial charge in [0.1, 0.15) is 19.0 Å². The molecule has 3 aliphatic rings. The lowest BCUT2D eigenvalue weighted by Gasteiger charge is -2.38. The molecule has 2 saturated heterocycles. The van der Waals surface area contributed by atoms with Gasteiger partial charge in [0.15, 0.2) is 5.82 Å². The lowest BCUT2D eigenvalue weighted by Crippen LogP contribution is -2.45. The highest BCUT2D eigenvalue weighted by molar-refractivity contribution is 5.94. The van der Waals surface area contributed by atoms with Crippen molar-refractivity contribution >= 4 is 11.9 Å². The topological polar surface area (TPSA) is 139 Å². The number of hydrogen-bond donors (Lipinski definition) is 1. The first-order chi connectivity index (χ1) is 15.9. The number of nitrogens with zero attached hydrogens (tertiary/aromatic N) is 8. The summed E-state index contributed by atoms with van der Waals surface area (Å²) in [5.41, 5.74) is 2.16. The molecular formula is C21H26N8O4. The summed E-state index contributed by atoms with van der Waals surface area (Å²) >= 11 is 0. The van der Waals surface area contributed by atoms with Crippen LogP contribution in [0.3, 0.4) is 0 Å². The van der Waals surface area contributed by atoms with Crippen LogP contribution in [0.15, 0.2) is 23.7 Å². The molecule has 0 saturated carbocycles. The number of aryl methyl sites for hydroxylation is 1. The zero-order valence-electron chi connectivity index (χ0n) is 18.6. The predicted molar refractivity (Wildman–Crippen MR) is 113 cm³/mol. The molecule has 0 unspecified atom stereocenters. The third-order valence-corrected chi connectivity index (χ3v) is 7.07. The summed E-state index contributed by atoms with van der Waals surface area (Å²) in [6.07, 6.45) is 2.86. The summed E-state index contributed by atoms with van der Waals surface area (Å²) in [5.74, 6) is 0.236. The van der Waals surface area contributed by atoms with Gasteiger partial charge in [0, 0.05) is 13.1 Å². The van der Waals surface area contributed by atoms with Gasteiger partial charge >= 0.3 is 5.97 Å². The lowest BCUT2D eigenvalue weighted by molar-refractivity contribution is -0.138. The van der Waals surface area contributed by atoms with E-state index in [-0.39, 0.29) is 18.5 Å². The maximum atomic E-state index is 13.3. The normalized spacial score (nSPS) is 21.8. The highest BCUT2D eigenvalue weighted by Gasteiger charge is 2.50. The number of amides is 1. The van der Waals surface area contributed by atoms with Crippen molar-refractivity contribution in [2.24, 2.45) is 5.41 Å². The van der Waals surface area contributed by atoms with E-state index in [9.17, 15) is 14.7 Å². The van der Waals surface area contributed by atoms with E-state index in [4.69, 9.17) is 4.74 Å². The molecule has 2 aromatic rings. The molecule has 2 fully saturated rings. The van der Waals surface area contributed by atoms with Crippen molar-refractivity contribution in [3.05, 3.63) is 34.9 Å². The third-order valence-electron chi connectivity index (χ3n) is 7.07. The van der Waals surface area contributed by atoms with E-state index in [0.29, 0.717) is 49.0 Å². The predicted octanol–water partition coefficient (Wildman–Crippen LogP) is -0.0606. The largest absolute Gasteiger partial charge is 0.456 e. The zero-order valence-corrected chi connectivity index (χ0v) is 18.6. The standard InChI is InChI=1S/C21H26N8O4/c1-13-9-17(29-12-22-25-26-29)23-24-18(13)16(30)10-27-6-3-21(4-7-27)5-8-28(20(21)32)15-11-33-19(31)14(15)2/h9,12,16,30H,3-8,10-11H2,1-2H3/t16-/m0/s1. The van der Waals surface area contributed by atoms with E-state index in [1.54, 1.807) is 17.9 Å². The van der Waals surface area contributed by atoms with Gasteiger partial charge in [-0.1, -0.05) is 0 Å². The van der Waals surface area contributed by atoms with Crippen LogP contribution >= 0.6 is 0 Å². The van der Waals surface area contributed by atoms with Crippen LogP contribution in [0.4, 0.5) is 0 Å². The van der Waals surface area contributed by atoms with Crippen LogP contribution in [0.1, 0.15) is 43.5 Å². The number of piperidine rings is 1. The summed E-state index contributed by atoms with van der Waals surface area (Å²) in [6, 6.07) is 1.78. The molecular weight excluding hydrogens is 428 g/mol. The van der Waals surface area contributed by atoms with Gasteiger partial charge in [0.2, 0.25) is 5.91 Å². The number of hydrogen-bond acceptors (Lipinski definition) is 10. The number of aromatic nitrogens is 6. The number of esters is 1. The Bertz CT molecular complexity index is 1110. The van der Waals surface area contributed by atoms with Crippen LogP contribution in [0.5, 0.6) is 0 Å². The Labute approximate surface area is 190 Å². The second-order valence-electron chi connectivity index (χ2n) is 8.98. The molecule has 2 aromatic heterocycles. The smallest absolute Gasteiger partial charge is 0.336 e. The highest BCUT2D eigenvalue weighted by Crippen LogP contribution is 2.43. The minimum atomic E-state index is -0.792. The molecule has 0 radical (unpaired) electrons. The summed E-state index contributed by atoms with van der Waals surface area (Å²) in [4.78, 5) is 28.9. The molecule has 33 heavy (non-hydrogen) atoms. The first kappa shape index (κ1) is 21.6. The van der Waals surface area contributed by atoms with Gasteiger partial charge < -0.3 is 19.6 Å². The van der Waals surface area contributed by atoms with Crippen molar-refractivity contribution in [3.8, 4) is 5.82 Å². The Morgan fingerprint density at radius 3 is 2.55 bits per heavy atom. The van der Waals surface area contributed by atoms with E-state index in [2.05, 4.69) is 30.6 Å². The van der Waals surface area contributed by atoms with Crippen molar-refractivity contribution in [2.75, 3.05) is 32.8 Å². The van der Waals surface area contributed by atoms with Crippen LogP contribution in [0, 0.1) is 12.3 Å². The van der Waals surface area contributed by atoms with E-state index in [1.165, 1.54) is 11.0 Å². The Morgan fingerprint density at radius 2 is 1.91 bits per heavy atom. The second-order valence-corrected chi connectivity index (χ2v) is 8.98. The molecule has 174 valence electrons. The van der Waals surface area contributed by atoms with Crippen molar-refractivity contribution in [1.29, 1.82) is 0 Å². The van der Waals surface area contributed by atoms with Crippen molar-refractivity contribution in [2.45, 2.75) is 39.2 Å². The van der Waals surface area contributed by atoms with Crippen LogP contribution in [0.25, 0.3) is 5.82 Å². The summed E-state index contributed by atoms with van der Waals surface area (Å²) in [7, 11) is 0. The van der Waals surface area contributed by atoms with Gasteiger partial charge in [-0.05, 0) is 68.3 Å². The van der Waals surface area contributed by atoms with Crippen molar-refractivity contribution in [1.82, 2.24) is 40.2 Å². The number of tetrazole rings is 1. The second kappa shape index (κ2) is 8.27. The van der Waals surface area contributed by atoms with Gasteiger partial charge in [-0.2, -0.15) is 9.78 Å². The van der Waals surface area contributed by atoms with E-state index in [0.717, 1.165) is 24.8 Å². The number of aliphatic hydroxyl groups excluding tert-OH is 1. The fraction of sp³-hybridized carbons (Fsp3) is 0.571. The first-order valence-corrected chi connectivity index (χ1v) is 11.0. The number of β-amino-alcohol motifs (C(OH)–C–C–N with tert-alkyl or cyclic N) is 1. The van der Waals surface area contributed by atoms with E-state index >= 15 is 0 Å².